The molecule has 0 aliphatic carbocycles. The largest absolute Gasteiger partial charge is 0.493 e. The molecule has 29 heavy (non-hydrogen) atoms. The summed E-state index contributed by atoms with van der Waals surface area (Å²) in [5.41, 5.74) is 1.40. The molecule has 0 bridgehead atoms. The summed E-state index contributed by atoms with van der Waals surface area (Å²) in [6.45, 7) is -2.68. The lowest BCUT2D eigenvalue weighted by molar-refractivity contribution is -0.125. The number of benzene rings is 2. The van der Waals surface area contributed by atoms with Gasteiger partial charge in [-0.15, -0.1) is 0 Å². The number of halogens is 2. The van der Waals surface area contributed by atoms with Gasteiger partial charge in [0, 0.05) is 13.6 Å². The lowest BCUT2D eigenvalue weighted by Crippen LogP contribution is -2.44. The number of urea groups is 1. The third kappa shape index (κ3) is 6.15. The number of likely N-dealkylation sites (N-methyl/N-ethyl adjacent to an activating group) is 1. The van der Waals surface area contributed by atoms with Crippen LogP contribution in [0.2, 0.25) is 0 Å². The van der Waals surface area contributed by atoms with Crippen molar-refractivity contribution in [3.8, 4) is 11.5 Å². The van der Waals surface area contributed by atoms with Crippen LogP contribution in [0.15, 0.2) is 48.5 Å². The molecule has 0 heterocycles. The Bertz CT molecular complexity index is 834. The van der Waals surface area contributed by atoms with Crippen molar-refractivity contribution in [2.45, 2.75) is 19.2 Å². The van der Waals surface area contributed by atoms with Crippen LogP contribution in [0, 0.1) is 0 Å². The van der Waals surface area contributed by atoms with Crippen LogP contribution in [0.3, 0.4) is 0 Å². The van der Waals surface area contributed by atoms with Crippen LogP contribution < -0.4 is 20.1 Å². The number of nitrogens with zero attached hydrogens (tertiary/aromatic N) is 1. The molecule has 0 aliphatic rings. The molecule has 3 amide bonds. The van der Waals surface area contributed by atoms with E-state index in [9.17, 15) is 18.4 Å². The number of rotatable bonds is 8. The molecule has 9 heteroatoms. The summed E-state index contributed by atoms with van der Waals surface area (Å²) in [5.74, 6) is -0.421. The average molecular weight is 407 g/mol. The van der Waals surface area contributed by atoms with Gasteiger partial charge in [0.15, 0.2) is 11.5 Å². The number of carbonyl (C=O) groups excluding carboxylic acids is 2. The normalized spacial score (nSPS) is 11.8. The number of imide groups is 1. The van der Waals surface area contributed by atoms with E-state index in [0.29, 0.717) is 11.1 Å². The van der Waals surface area contributed by atoms with E-state index in [0.717, 1.165) is 0 Å². The summed E-state index contributed by atoms with van der Waals surface area (Å²) in [5, 5.41) is 4.64. The fourth-order valence-corrected chi connectivity index (χ4v) is 2.87. The first kappa shape index (κ1) is 22.1. The molecule has 0 spiro atoms. The lowest BCUT2D eigenvalue weighted by Gasteiger charge is -2.27. The number of hydrogen-bond acceptors (Lipinski definition) is 5. The molecule has 2 rings (SSSR count). The first-order valence-electron chi connectivity index (χ1n) is 8.75. The number of ether oxygens (including phenoxy) is 2. The van der Waals surface area contributed by atoms with Gasteiger partial charge in [0.25, 0.3) is 0 Å². The Balaban J connectivity index is 2.26. The van der Waals surface area contributed by atoms with Crippen LogP contribution in [0.25, 0.3) is 0 Å². The second-order valence-electron chi connectivity index (χ2n) is 6.16. The lowest BCUT2D eigenvalue weighted by atomic mass is 10.0. The van der Waals surface area contributed by atoms with Crippen molar-refractivity contribution >= 4 is 11.9 Å². The maximum Gasteiger partial charge on any atom is 0.387 e. The minimum Gasteiger partial charge on any atom is -0.493 e. The number of nitrogens with one attached hydrogen (secondary N) is 2. The number of methoxy groups -OCH3 is 1. The first-order chi connectivity index (χ1) is 13.8. The average Bonchev–Trinajstić information content (AvgIpc) is 2.69. The molecule has 0 radical (unpaired) electrons. The highest BCUT2D eigenvalue weighted by Gasteiger charge is 2.26. The van der Waals surface area contributed by atoms with Crippen molar-refractivity contribution in [1.82, 2.24) is 15.5 Å². The van der Waals surface area contributed by atoms with E-state index < -0.39 is 24.6 Å². The molecule has 0 fully saturated rings. The first-order valence-corrected chi connectivity index (χ1v) is 8.75. The predicted octanol–water partition coefficient (Wildman–Crippen LogP) is 2.93. The van der Waals surface area contributed by atoms with Crippen LogP contribution in [0.5, 0.6) is 11.5 Å². The van der Waals surface area contributed by atoms with Gasteiger partial charge in [0.1, 0.15) is 6.04 Å². The standard InChI is InChI=1S/C20H23F2N3O4/c1-23-20(27)24-18(26)17(14-7-5-4-6-8-14)25(2)12-13-9-10-15(29-19(21)22)16(11-13)28-3/h4-11,17,19H,12H2,1-3H3,(H2,23,24,26,27)/t17-/m1/s1. The van der Waals surface area contributed by atoms with E-state index in [2.05, 4.69) is 15.4 Å². The fraction of sp³-hybridized carbons (Fsp3) is 0.300. The van der Waals surface area contributed by atoms with E-state index in [-0.39, 0.29) is 18.0 Å². The molecule has 0 saturated heterocycles. The Morgan fingerprint density at radius 2 is 1.79 bits per heavy atom. The van der Waals surface area contributed by atoms with E-state index in [1.807, 2.05) is 6.07 Å². The van der Waals surface area contributed by atoms with Gasteiger partial charge in [-0.2, -0.15) is 8.78 Å². The molecule has 0 saturated carbocycles. The van der Waals surface area contributed by atoms with Gasteiger partial charge in [0.2, 0.25) is 5.91 Å². The van der Waals surface area contributed by atoms with E-state index in [1.54, 1.807) is 48.3 Å². The van der Waals surface area contributed by atoms with E-state index in [1.165, 1.54) is 20.2 Å². The molecule has 1 atom stereocenters. The number of amides is 3. The second-order valence-corrected chi connectivity index (χ2v) is 6.16. The molecule has 156 valence electrons. The smallest absolute Gasteiger partial charge is 0.387 e. The number of hydrogen-bond donors (Lipinski definition) is 2. The van der Waals surface area contributed by atoms with Crippen LogP contribution in [-0.2, 0) is 11.3 Å². The third-order valence-electron chi connectivity index (χ3n) is 4.14. The maximum atomic E-state index is 12.7. The second kappa shape index (κ2) is 10.4. The van der Waals surface area contributed by atoms with Gasteiger partial charge in [-0.25, -0.2) is 4.79 Å². The molecule has 0 unspecified atom stereocenters. The molecule has 2 aromatic rings. The van der Waals surface area contributed by atoms with Crippen molar-refractivity contribution in [3.63, 3.8) is 0 Å². The topological polar surface area (TPSA) is 79.9 Å². The highest BCUT2D eigenvalue weighted by atomic mass is 19.3. The van der Waals surface area contributed by atoms with Crippen LogP contribution in [-0.4, -0.2) is 44.7 Å². The van der Waals surface area contributed by atoms with Gasteiger partial charge in [-0.05, 0) is 30.3 Å². The summed E-state index contributed by atoms with van der Waals surface area (Å²) in [6, 6.07) is 12.2. The summed E-state index contributed by atoms with van der Waals surface area (Å²) in [4.78, 5) is 26.0. The van der Waals surface area contributed by atoms with Crippen LogP contribution in [0.1, 0.15) is 17.2 Å². The molecule has 2 N–H and O–H groups in total. The van der Waals surface area contributed by atoms with Gasteiger partial charge in [-0.1, -0.05) is 36.4 Å². The minimum absolute atomic E-state index is 0.0779. The highest BCUT2D eigenvalue weighted by molar-refractivity contribution is 5.97. The van der Waals surface area contributed by atoms with Crippen molar-refractivity contribution < 1.29 is 27.8 Å². The maximum absolute atomic E-state index is 12.7. The monoisotopic (exact) mass is 407 g/mol. The van der Waals surface area contributed by atoms with Crippen molar-refractivity contribution in [3.05, 3.63) is 59.7 Å². The Kier molecular flexibility index (Phi) is 7.90. The Morgan fingerprint density at radius 3 is 2.38 bits per heavy atom. The number of alkyl halides is 2. The Hall–Kier alpha value is -3.20. The molecular weight excluding hydrogens is 384 g/mol. The summed E-state index contributed by atoms with van der Waals surface area (Å²) in [7, 11) is 4.49. The van der Waals surface area contributed by atoms with Gasteiger partial charge in [0.05, 0.1) is 7.11 Å². The third-order valence-corrected chi connectivity index (χ3v) is 4.14. The quantitative estimate of drug-likeness (QED) is 0.704. The van der Waals surface area contributed by atoms with E-state index >= 15 is 0 Å². The zero-order valence-corrected chi connectivity index (χ0v) is 16.3. The van der Waals surface area contributed by atoms with Crippen molar-refractivity contribution in [2.75, 3.05) is 21.2 Å². The molecule has 0 aliphatic heterocycles. The molecule has 7 nitrogen and oxygen atoms in total. The van der Waals surface area contributed by atoms with Crippen molar-refractivity contribution in [2.24, 2.45) is 0 Å². The highest BCUT2D eigenvalue weighted by Crippen LogP contribution is 2.31. The predicted molar refractivity (Wildman–Crippen MR) is 103 cm³/mol. The minimum atomic E-state index is -2.96. The summed E-state index contributed by atoms with van der Waals surface area (Å²) < 4.78 is 34.5. The zero-order chi connectivity index (χ0) is 21.4. The Morgan fingerprint density at radius 1 is 1.10 bits per heavy atom. The molecule has 0 aromatic heterocycles. The van der Waals surface area contributed by atoms with Crippen molar-refractivity contribution in [1.29, 1.82) is 0 Å². The fourth-order valence-electron chi connectivity index (χ4n) is 2.87. The SMILES string of the molecule is CNC(=O)NC(=O)[C@@H](c1ccccc1)N(C)Cc1ccc(OC(F)F)c(OC)c1. The van der Waals surface area contributed by atoms with Gasteiger partial charge >= 0.3 is 12.6 Å². The van der Waals surface area contributed by atoms with E-state index in [4.69, 9.17) is 4.74 Å². The molecular formula is C20H23F2N3O4. The molecule has 2 aromatic carbocycles. The van der Waals surface area contributed by atoms with Gasteiger partial charge in [-0.3, -0.25) is 15.0 Å². The number of carbonyl (C=O) groups is 2. The van der Waals surface area contributed by atoms with Crippen LogP contribution >= 0.6 is 0 Å². The van der Waals surface area contributed by atoms with Gasteiger partial charge < -0.3 is 14.8 Å². The van der Waals surface area contributed by atoms with Crippen LogP contribution in [0.4, 0.5) is 13.6 Å². The summed E-state index contributed by atoms with van der Waals surface area (Å²) >= 11 is 0. The zero-order valence-electron chi connectivity index (χ0n) is 16.3. The summed E-state index contributed by atoms with van der Waals surface area (Å²) in [6.07, 6.45) is 0. The Labute approximate surface area is 167 Å².